The molecule has 0 spiro atoms. The quantitative estimate of drug-likeness (QED) is 0.438. The van der Waals surface area contributed by atoms with Crippen molar-refractivity contribution in [3.63, 3.8) is 0 Å². The van der Waals surface area contributed by atoms with Gasteiger partial charge >= 0.3 is 0 Å². The summed E-state index contributed by atoms with van der Waals surface area (Å²) in [6.07, 6.45) is 0.383. The summed E-state index contributed by atoms with van der Waals surface area (Å²) in [7, 11) is 0. The number of ether oxygens (including phenoxy) is 1. The number of aromatic hydroxyl groups is 1. The third-order valence-corrected chi connectivity index (χ3v) is 5.84. The van der Waals surface area contributed by atoms with Crippen LogP contribution in [-0.2, 0) is 0 Å². The Balaban J connectivity index is 1.75. The van der Waals surface area contributed by atoms with Gasteiger partial charge in [-0.3, -0.25) is 10.3 Å². The van der Waals surface area contributed by atoms with Crippen LogP contribution >= 0.6 is 27.5 Å². The molecule has 0 saturated carbocycles. The standard InChI is InChI=1S/C24H22BrClN2O2/c1-2-30-22-8-4-7-19(23(22)29)21-14-20(16-5-3-6-17(25)13-16)27-24(28-21)15-9-11-18(26)12-10-15/h3-13,21,24,28-29H,2,14H2,1H3/t21-,24+/m0/s1. The average Bonchev–Trinajstić information content (AvgIpc) is 2.75. The third kappa shape index (κ3) is 4.53. The fraction of sp³-hybridized carbons (Fsp3) is 0.208. The van der Waals surface area contributed by atoms with E-state index in [1.807, 2.05) is 55.5 Å². The molecule has 6 heteroatoms. The molecular formula is C24H22BrClN2O2. The smallest absolute Gasteiger partial charge is 0.162 e. The first-order valence-electron chi connectivity index (χ1n) is 9.84. The van der Waals surface area contributed by atoms with Gasteiger partial charge in [-0.25, -0.2) is 0 Å². The van der Waals surface area contributed by atoms with Crippen molar-refractivity contribution in [2.45, 2.75) is 25.6 Å². The van der Waals surface area contributed by atoms with Gasteiger partial charge < -0.3 is 9.84 Å². The highest BCUT2D eigenvalue weighted by molar-refractivity contribution is 9.10. The minimum atomic E-state index is -0.259. The van der Waals surface area contributed by atoms with E-state index in [1.54, 1.807) is 6.07 Å². The highest BCUT2D eigenvalue weighted by atomic mass is 79.9. The lowest BCUT2D eigenvalue weighted by molar-refractivity contribution is 0.313. The lowest BCUT2D eigenvalue weighted by atomic mass is 9.93. The Hall–Kier alpha value is -2.34. The van der Waals surface area contributed by atoms with Crippen LogP contribution in [0.4, 0.5) is 0 Å². The molecule has 154 valence electrons. The molecule has 0 fully saturated rings. The van der Waals surface area contributed by atoms with Gasteiger partial charge in [0.1, 0.15) is 6.17 Å². The number of hydrogen-bond acceptors (Lipinski definition) is 4. The molecule has 0 aromatic heterocycles. The molecule has 4 nitrogen and oxygen atoms in total. The molecule has 30 heavy (non-hydrogen) atoms. The van der Waals surface area contributed by atoms with Crippen LogP contribution in [-0.4, -0.2) is 17.4 Å². The predicted molar refractivity (Wildman–Crippen MR) is 125 cm³/mol. The van der Waals surface area contributed by atoms with Crippen LogP contribution in [0.1, 0.15) is 42.2 Å². The second kappa shape index (κ2) is 9.21. The number of phenolic OH excluding ortho intramolecular Hbond substituents is 1. The Bertz CT molecular complexity index is 1070. The largest absolute Gasteiger partial charge is 0.504 e. The van der Waals surface area contributed by atoms with E-state index in [2.05, 4.69) is 33.4 Å². The molecule has 4 rings (SSSR count). The summed E-state index contributed by atoms with van der Waals surface area (Å²) in [6.45, 7) is 2.40. The molecule has 0 aliphatic carbocycles. The van der Waals surface area contributed by atoms with Crippen molar-refractivity contribution < 1.29 is 9.84 Å². The van der Waals surface area contributed by atoms with Crippen LogP contribution in [0, 0.1) is 0 Å². The molecule has 1 aliphatic rings. The Kier molecular flexibility index (Phi) is 6.42. The van der Waals surface area contributed by atoms with E-state index >= 15 is 0 Å². The van der Waals surface area contributed by atoms with Gasteiger partial charge in [0.15, 0.2) is 11.5 Å². The van der Waals surface area contributed by atoms with Crippen molar-refractivity contribution >= 4 is 33.2 Å². The zero-order valence-corrected chi connectivity index (χ0v) is 18.8. The van der Waals surface area contributed by atoms with Crippen LogP contribution in [0.15, 0.2) is 76.2 Å². The summed E-state index contributed by atoms with van der Waals surface area (Å²) in [5.74, 6) is 0.661. The molecular weight excluding hydrogens is 464 g/mol. The zero-order chi connectivity index (χ0) is 21.1. The van der Waals surface area contributed by atoms with E-state index in [0.717, 1.165) is 26.9 Å². The number of nitrogens with zero attached hydrogens (tertiary/aromatic N) is 1. The fourth-order valence-corrected chi connectivity index (χ4v) is 4.18. The van der Waals surface area contributed by atoms with E-state index in [-0.39, 0.29) is 18.0 Å². The maximum absolute atomic E-state index is 10.8. The summed E-state index contributed by atoms with van der Waals surface area (Å²) in [5, 5.41) is 15.1. The molecule has 2 N–H and O–H groups in total. The zero-order valence-electron chi connectivity index (χ0n) is 16.5. The summed E-state index contributed by atoms with van der Waals surface area (Å²) in [4.78, 5) is 4.99. The first kappa shape index (κ1) is 20.9. The van der Waals surface area contributed by atoms with Gasteiger partial charge in [-0.05, 0) is 48.4 Å². The van der Waals surface area contributed by atoms with Crippen LogP contribution in [0.25, 0.3) is 0 Å². The SMILES string of the molecule is CCOc1cccc([C@@H]2CC(c3cccc(Br)c3)=N[C@@H](c3ccc(Cl)cc3)N2)c1O. The van der Waals surface area contributed by atoms with E-state index in [4.69, 9.17) is 21.3 Å². The molecule has 3 aromatic rings. The first-order valence-corrected chi connectivity index (χ1v) is 11.0. The number of nitrogens with one attached hydrogen (secondary N) is 1. The topological polar surface area (TPSA) is 53.8 Å². The maximum atomic E-state index is 10.8. The second-order valence-corrected chi connectivity index (χ2v) is 8.44. The van der Waals surface area contributed by atoms with Crippen molar-refractivity contribution in [1.29, 1.82) is 0 Å². The lowest BCUT2D eigenvalue weighted by Crippen LogP contribution is -2.33. The molecule has 1 aliphatic heterocycles. The van der Waals surface area contributed by atoms with Crippen molar-refractivity contribution in [2.75, 3.05) is 6.61 Å². The summed E-state index contributed by atoms with van der Waals surface area (Å²) in [6, 6.07) is 21.3. The number of phenols is 1. The first-order chi connectivity index (χ1) is 14.5. The normalized spacial score (nSPS) is 18.7. The number of rotatable bonds is 5. The molecule has 0 saturated heterocycles. The van der Waals surface area contributed by atoms with E-state index < -0.39 is 0 Å². The number of para-hydroxylation sites is 1. The molecule has 0 bridgehead atoms. The minimum Gasteiger partial charge on any atom is -0.504 e. The molecule has 2 atom stereocenters. The number of aliphatic imine (C=N–C) groups is 1. The highest BCUT2D eigenvalue weighted by Crippen LogP contribution is 2.39. The second-order valence-electron chi connectivity index (χ2n) is 7.09. The van der Waals surface area contributed by atoms with Crippen LogP contribution in [0.5, 0.6) is 11.5 Å². The van der Waals surface area contributed by atoms with Crippen LogP contribution < -0.4 is 10.1 Å². The summed E-state index contributed by atoms with van der Waals surface area (Å²) < 4.78 is 6.59. The van der Waals surface area contributed by atoms with Gasteiger partial charge in [0.2, 0.25) is 0 Å². The van der Waals surface area contributed by atoms with Crippen molar-refractivity contribution in [3.05, 3.63) is 92.9 Å². The average molecular weight is 486 g/mol. The lowest BCUT2D eigenvalue weighted by Gasteiger charge is -2.31. The van der Waals surface area contributed by atoms with E-state index in [1.165, 1.54) is 0 Å². The maximum Gasteiger partial charge on any atom is 0.162 e. The number of halogens is 2. The Morgan fingerprint density at radius 2 is 1.90 bits per heavy atom. The summed E-state index contributed by atoms with van der Waals surface area (Å²) >= 11 is 9.63. The molecule has 1 heterocycles. The van der Waals surface area contributed by atoms with Gasteiger partial charge in [-0.2, -0.15) is 0 Å². The van der Waals surface area contributed by atoms with Crippen molar-refractivity contribution in [3.8, 4) is 11.5 Å². The van der Waals surface area contributed by atoms with Gasteiger partial charge in [0, 0.05) is 33.2 Å². The minimum absolute atomic E-state index is 0.127. The summed E-state index contributed by atoms with van der Waals surface area (Å²) in [5.41, 5.74) is 3.83. The number of hydrogen-bond donors (Lipinski definition) is 2. The van der Waals surface area contributed by atoms with Crippen molar-refractivity contribution in [2.24, 2.45) is 4.99 Å². The monoisotopic (exact) mass is 484 g/mol. The Morgan fingerprint density at radius 1 is 1.13 bits per heavy atom. The number of benzene rings is 3. The van der Waals surface area contributed by atoms with Crippen LogP contribution in [0.2, 0.25) is 5.02 Å². The van der Waals surface area contributed by atoms with Crippen LogP contribution in [0.3, 0.4) is 0 Å². The molecule has 0 unspecified atom stereocenters. The Morgan fingerprint density at radius 3 is 2.63 bits per heavy atom. The fourth-order valence-electron chi connectivity index (χ4n) is 3.66. The third-order valence-electron chi connectivity index (χ3n) is 5.09. The molecule has 3 aromatic carbocycles. The molecule has 0 amide bonds. The van der Waals surface area contributed by atoms with Gasteiger partial charge in [0.05, 0.1) is 6.61 Å². The highest BCUT2D eigenvalue weighted by Gasteiger charge is 2.28. The molecule has 0 radical (unpaired) electrons. The van der Waals surface area contributed by atoms with Gasteiger partial charge in [-0.15, -0.1) is 0 Å². The van der Waals surface area contributed by atoms with Gasteiger partial charge in [0.25, 0.3) is 0 Å². The predicted octanol–water partition coefficient (Wildman–Crippen LogP) is 6.43. The van der Waals surface area contributed by atoms with E-state index in [9.17, 15) is 5.11 Å². The van der Waals surface area contributed by atoms with E-state index in [0.29, 0.717) is 23.8 Å². The Labute approximate surface area is 189 Å². The van der Waals surface area contributed by atoms with Crippen molar-refractivity contribution in [1.82, 2.24) is 5.32 Å². The van der Waals surface area contributed by atoms with Gasteiger partial charge in [-0.1, -0.05) is 63.9 Å².